The molecular weight excluding hydrogens is 492 g/mol. The molecule has 2 aromatic carbocycles. The molecule has 1 fully saturated rings. The van der Waals surface area contributed by atoms with Gasteiger partial charge in [0.15, 0.2) is 0 Å². The van der Waals surface area contributed by atoms with Crippen LogP contribution in [0.3, 0.4) is 0 Å². The summed E-state index contributed by atoms with van der Waals surface area (Å²) in [7, 11) is 0. The molecule has 0 spiro atoms. The number of aromatic nitrogens is 2. The first-order chi connectivity index (χ1) is 18.7. The van der Waals surface area contributed by atoms with E-state index in [9.17, 15) is 14.4 Å². The Bertz CT molecular complexity index is 1290. The number of nitrogens with zero attached hydrogens (tertiary/aromatic N) is 3. The summed E-state index contributed by atoms with van der Waals surface area (Å²) in [6.45, 7) is 7.60. The third-order valence-electron chi connectivity index (χ3n) is 6.63. The maximum Gasteiger partial charge on any atom is 0.251 e. The number of rotatable bonds is 8. The Kier molecular flexibility index (Phi) is 8.91. The minimum absolute atomic E-state index is 0.0229. The van der Waals surface area contributed by atoms with Crippen molar-refractivity contribution in [1.29, 1.82) is 0 Å². The van der Waals surface area contributed by atoms with Crippen LogP contribution >= 0.6 is 0 Å². The normalized spacial score (nSPS) is 15.4. The van der Waals surface area contributed by atoms with E-state index in [1.54, 1.807) is 30.6 Å². The van der Waals surface area contributed by atoms with Crippen molar-refractivity contribution in [1.82, 2.24) is 20.6 Å². The highest BCUT2D eigenvalue weighted by Crippen LogP contribution is 2.25. The van der Waals surface area contributed by atoms with Crippen molar-refractivity contribution in [2.24, 2.45) is 11.3 Å². The highest BCUT2D eigenvalue weighted by molar-refractivity contribution is 5.97. The van der Waals surface area contributed by atoms with Crippen molar-refractivity contribution in [2.45, 2.75) is 33.6 Å². The zero-order chi connectivity index (χ0) is 27.8. The van der Waals surface area contributed by atoms with Gasteiger partial charge in [-0.15, -0.1) is 0 Å². The molecular formula is C30H36N6O3. The molecule has 1 aliphatic heterocycles. The molecule has 0 aliphatic carbocycles. The van der Waals surface area contributed by atoms with Gasteiger partial charge >= 0.3 is 0 Å². The van der Waals surface area contributed by atoms with Crippen LogP contribution in [0.4, 0.5) is 11.5 Å². The van der Waals surface area contributed by atoms with Crippen LogP contribution in [-0.2, 0) is 9.59 Å². The monoisotopic (exact) mass is 528 g/mol. The Hall–Kier alpha value is -4.27. The number of carbonyl (C=O) groups is 3. The number of nitrogens with one attached hydrogen (secondary N) is 3. The molecule has 4 rings (SSSR count). The number of anilines is 2. The minimum Gasteiger partial charge on any atom is -0.356 e. The molecule has 0 radical (unpaired) electrons. The van der Waals surface area contributed by atoms with Crippen molar-refractivity contribution >= 4 is 29.2 Å². The summed E-state index contributed by atoms with van der Waals surface area (Å²) in [6, 6.07) is 18.7. The molecule has 1 saturated heterocycles. The van der Waals surface area contributed by atoms with Crippen LogP contribution in [0, 0.1) is 11.3 Å². The Morgan fingerprint density at radius 1 is 0.949 bits per heavy atom. The van der Waals surface area contributed by atoms with Gasteiger partial charge in [-0.3, -0.25) is 14.4 Å². The van der Waals surface area contributed by atoms with Crippen molar-refractivity contribution in [3.05, 3.63) is 72.6 Å². The van der Waals surface area contributed by atoms with E-state index in [0.717, 1.165) is 36.5 Å². The molecule has 1 aliphatic rings. The fourth-order valence-electron chi connectivity index (χ4n) is 4.32. The predicted octanol–water partition coefficient (Wildman–Crippen LogP) is 3.89. The molecule has 0 bridgehead atoms. The summed E-state index contributed by atoms with van der Waals surface area (Å²) >= 11 is 0. The zero-order valence-corrected chi connectivity index (χ0v) is 22.7. The van der Waals surface area contributed by atoms with Crippen LogP contribution in [0.25, 0.3) is 11.3 Å². The smallest absolute Gasteiger partial charge is 0.251 e. The van der Waals surface area contributed by atoms with Crippen LogP contribution < -0.4 is 20.9 Å². The summed E-state index contributed by atoms with van der Waals surface area (Å²) in [6.07, 6.45) is 3.27. The van der Waals surface area contributed by atoms with Crippen LogP contribution in [-0.4, -0.2) is 53.9 Å². The number of hydrogen-bond donors (Lipinski definition) is 3. The lowest BCUT2D eigenvalue weighted by atomic mass is 9.95. The molecule has 1 aromatic heterocycles. The maximum absolute atomic E-state index is 12.9. The topological polar surface area (TPSA) is 116 Å². The summed E-state index contributed by atoms with van der Waals surface area (Å²) < 4.78 is 0. The zero-order valence-electron chi connectivity index (χ0n) is 22.7. The maximum atomic E-state index is 12.9. The summed E-state index contributed by atoms with van der Waals surface area (Å²) in [5.41, 5.74) is 2.50. The van der Waals surface area contributed by atoms with Gasteiger partial charge < -0.3 is 20.9 Å². The Morgan fingerprint density at radius 3 is 2.38 bits per heavy atom. The van der Waals surface area contributed by atoms with Gasteiger partial charge in [-0.05, 0) is 37.1 Å². The Balaban J connectivity index is 1.22. The highest BCUT2D eigenvalue weighted by atomic mass is 16.2. The largest absolute Gasteiger partial charge is 0.356 e. The predicted molar refractivity (Wildman–Crippen MR) is 152 cm³/mol. The van der Waals surface area contributed by atoms with Crippen LogP contribution in [0.2, 0.25) is 0 Å². The van der Waals surface area contributed by atoms with E-state index in [-0.39, 0.29) is 23.6 Å². The van der Waals surface area contributed by atoms with Crippen LogP contribution in [0.5, 0.6) is 0 Å². The highest BCUT2D eigenvalue weighted by Gasteiger charge is 2.26. The molecule has 2 heterocycles. The standard InChI is InChI=1S/C30H36N6O3/c1-30(2,3)29(39)35-24-13-11-22(12-14-24)27(37)31-15-16-32-28(38)23-10-7-17-36(19-23)26-18-25(33-20-34-26)21-8-5-4-6-9-21/h4-6,8-9,11-14,18,20,23H,7,10,15-17,19H2,1-3H3,(H,31,37)(H,32,38)(H,35,39). The molecule has 0 saturated carbocycles. The second kappa shape index (κ2) is 12.5. The molecule has 3 aromatic rings. The van der Waals surface area contributed by atoms with E-state index in [4.69, 9.17) is 0 Å². The van der Waals surface area contributed by atoms with Gasteiger partial charge in [0.2, 0.25) is 11.8 Å². The quantitative estimate of drug-likeness (QED) is 0.382. The summed E-state index contributed by atoms with van der Waals surface area (Å²) in [5, 5.41) is 8.62. The van der Waals surface area contributed by atoms with Crippen molar-refractivity contribution < 1.29 is 14.4 Å². The number of amides is 3. The first-order valence-corrected chi connectivity index (χ1v) is 13.3. The SMILES string of the molecule is CC(C)(C)C(=O)Nc1ccc(C(=O)NCCNC(=O)C2CCCN(c3cc(-c4ccccc4)ncn3)C2)cc1. The molecule has 9 nitrogen and oxygen atoms in total. The molecule has 204 valence electrons. The second-order valence-corrected chi connectivity index (χ2v) is 10.7. The van der Waals surface area contributed by atoms with Gasteiger partial charge in [0.25, 0.3) is 5.91 Å². The summed E-state index contributed by atoms with van der Waals surface area (Å²) in [5.74, 6) is 0.313. The fraction of sp³-hybridized carbons (Fsp3) is 0.367. The van der Waals surface area contributed by atoms with E-state index >= 15 is 0 Å². The lowest BCUT2D eigenvalue weighted by molar-refractivity contribution is -0.125. The average molecular weight is 529 g/mol. The third-order valence-corrected chi connectivity index (χ3v) is 6.63. The molecule has 3 N–H and O–H groups in total. The van der Waals surface area contributed by atoms with E-state index in [0.29, 0.717) is 30.9 Å². The van der Waals surface area contributed by atoms with Gasteiger partial charge in [0.05, 0.1) is 11.6 Å². The second-order valence-electron chi connectivity index (χ2n) is 10.7. The molecule has 1 atom stereocenters. The number of benzene rings is 2. The first-order valence-electron chi connectivity index (χ1n) is 13.3. The minimum atomic E-state index is -0.502. The van der Waals surface area contributed by atoms with Gasteiger partial charge in [-0.2, -0.15) is 0 Å². The number of piperidine rings is 1. The molecule has 9 heteroatoms. The van der Waals surface area contributed by atoms with Crippen LogP contribution in [0.15, 0.2) is 67.0 Å². The Morgan fingerprint density at radius 2 is 1.67 bits per heavy atom. The van der Waals surface area contributed by atoms with Crippen molar-refractivity contribution in [3.63, 3.8) is 0 Å². The van der Waals surface area contributed by atoms with Gasteiger partial charge in [-0.25, -0.2) is 9.97 Å². The fourth-order valence-corrected chi connectivity index (χ4v) is 4.32. The molecule has 39 heavy (non-hydrogen) atoms. The van der Waals surface area contributed by atoms with Gasteiger partial charge in [0, 0.05) is 54.5 Å². The van der Waals surface area contributed by atoms with Crippen molar-refractivity contribution in [3.8, 4) is 11.3 Å². The van der Waals surface area contributed by atoms with Crippen LogP contribution in [0.1, 0.15) is 44.0 Å². The van der Waals surface area contributed by atoms with E-state index in [1.165, 1.54) is 0 Å². The third kappa shape index (κ3) is 7.63. The van der Waals surface area contributed by atoms with Crippen molar-refractivity contribution in [2.75, 3.05) is 36.4 Å². The number of hydrogen-bond acceptors (Lipinski definition) is 6. The number of carbonyl (C=O) groups excluding carboxylic acids is 3. The average Bonchev–Trinajstić information content (AvgIpc) is 2.95. The Labute approximate surface area is 229 Å². The lowest BCUT2D eigenvalue weighted by Gasteiger charge is -2.33. The summed E-state index contributed by atoms with van der Waals surface area (Å²) in [4.78, 5) is 48.4. The lowest BCUT2D eigenvalue weighted by Crippen LogP contribution is -2.45. The van der Waals surface area contributed by atoms with E-state index < -0.39 is 5.41 Å². The first kappa shape index (κ1) is 27.8. The van der Waals surface area contributed by atoms with E-state index in [2.05, 4.69) is 30.8 Å². The van der Waals surface area contributed by atoms with E-state index in [1.807, 2.05) is 57.2 Å². The molecule has 3 amide bonds. The van der Waals surface area contributed by atoms with Gasteiger partial charge in [0.1, 0.15) is 12.1 Å². The molecule has 1 unspecified atom stereocenters. The van der Waals surface area contributed by atoms with Gasteiger partial charge in [-0.1, -0.05) is 51.1 Å².